The predicted octanol–water partition coefficient (Wildman–Crippen LogP) is 14.8. The van der Waals surface area contributed by atoms with Crippen molar-refractivity contribution in [1.29, 1.82) is 0 Å². The maximum atomic E-state index is 7.51. The Morgan fingerprint density at radius 1 is 0.230 bits per heavy atom. The second-order valence-electron chi connectivity index (χ2n) is 17.7. The van der Waals surface area contributed by atoms with Crippen molar-refractivity contribution in [2.75, 3.05) is 0 Å². The Morgan fingerprint density at radius 2 is 0.514 bits per heavy atom. The molecule has 0 bridgehead atoms. The first-order valence-corrected chi connectivity index (χ1v) is 27.3. The number of benzene rings is 13. The summed E-state index contributed by atoms with van der Waals surface area (Å²) in [6.07, 6.45) is 15.0. The summed E-state index contributed by atoms with van der Waals surface area (Å²) in [6.45, 7) is 0. The molecule has 0 amide bonds. The summed E-state index contributed by atoms with van der Waals surface area (Å²) >= 11 is 0. The van der Waals surface area contributed by atoms with Crippen LogP contribution in [0.15, 0.2) is 279 Å². The maximum Gasteiger partial charge on any atom is 1.00 e. The predicted molar refractivity (Wildman–Crippen MR) is 317 cm³/mol. The van der Waals surface area contributed by atoms with Crippen LogP contribution in [-0.4, -0.2) is 0 Å². The molecule has 0 aliphatic rings. The van der Waals surface area contributed by atoms with Gasteiger partial charge in [0, 0.05) is 0 Å². The van der Waals surface area contributed by atoms with Crippen molar-refractivity contribution in [3.8, 4) is 11.8 Å². The summed E-state index contributed by atoms with van der Waals surface area (Å²) in [5.74, 6) is 5.12. The standard InChI is InChI=1S/C30H24P2.2C20H11.2Ag/c1-5-15-25(16-6-1)31(26-17-7-2-8-18-26)29-23-13-14-24-30(29)32(27-19-9-3-10-20-27)28-21-11-4-12-22-28;2*1-2-14-7-5-8-16-11-12-18-17-9-4-3-6-15(17)10-13-19(18)20(14)16;;/h1-24H;2*3-13H;;/q;2*-1;2*+1/p+2. The van der Waals surface area contributed by atoms with E-state index in [1.165, 1.54) is 74.9 Å². The van der Waals surface area contributed by atoms with E-state index in [2.05, 4.69) is 267 Å². The molecule has 0 saturated heterocycles. The largest absolute Gasteiger partial charge is 1.00 e. The van der Waals surface area contributed by atoms with Crippen molar-refractivity contribution < 1.29 is 44.8 Å². The first-order valence-electron chi connectivity index (χ1n) is 24.3. The molecule has 0 aliphatic heterocycles. The average Bonchev–Trinajstić information content (AvgIpc) is 3.46. The van der Waals surface area contributed by atoms with Gasteiger partial charge in [-0.1, -0.05) is 217 Å². The van der Waals surface area contributed by atoms with Crippen molar-refractivity contribution in [2.45, 2.75) is 0 Å². The van der Waals surface area contributed by atoms with E-state index in [4.69, 9.17) is 12.8 Å². The molecular weight excluding hydrogens is 1120 g/mol. The van der Waals surface area contributed by atoms with Gasteiger partial charge < -0.3 is 12.8 Å². The summed E-state index contributed by atoms with van der Waals surface area (Å²) < 4.78 is 0. The Kier molecular flexibility index (Phi) is 17.0. The van der Waals surface area contributed by atoms with Crippen molar-refractivity contribution in [3.63, 3.8) is 0 Å². The van der Waals surface area contributed by atoms with Gasteiger partial charge in [0.15, 0.2) is 0 Å². The molecule has 0 saturated carbocycles. The summed E-state index contributed by atoms with van der Waals surface area (Å²) in [5, 5.41) is 23.1. The molecule has 0 spiro atoms. The van der Waals surface area contributed by atoms with Crippen LogP contribution in [0.4, 0.5) is 0 Å². The van der Waals surface area contributed by atoms with Crippen molar-refractivity contribution >= 4 is 112 Å². The number of hydrogen-bond donors (Lipinski definition) is 0. The van der Waals surface area contributed by atoms with E-state index in [0.29, 0.717) is 0 Å². The van der Waals surface area contributed by atoms with Crippen LogP contribution in [0.2, 0.25) is 0 Å². The molecule has 0 unspecified atom stereocenters. The molecule has 0 atom stereocenters. The van der Waals surface area contributed by atoms with E-state index in [9.17, 15) is 0 Å². The molecule has 13 aromatic rings. The third kappa shape index (κ3) is 10.6. The van der Waals surface area contributed by atoms with Crippen molar-refractivity contribution in [1.82, 2.24) is 0 Å². The molecule has 358 valence electrons. The summed E-state index contributed by atoms with van der Waals surface area (Å²) in [5.41, 5.74) is 1.70. The van der Waals surface area contributed by atoms with Crippen LogP contribution in [-0.2, 0) is 44.8 Å². The molecule has 0 aromatic heterocycles. The zero-order valence-corrected chi connectivity index (χ0v) is 45.1. The molecular formula is C70H48Ag2P2+2. The quantitative estimate of drug-likeness (QED) is 0.0512. The fourth-order valence-electron chi connectivity index (χ4n) is 10.3. The van der Waals surface area contributed by atoms with E-state index in [-0.39, 0.29) is 44.8 Å². The number of fused-ring (bicyclic) bond motifs is 10. The third-order valence-electron chi connectivity index (χ3n) is 13.5. The SMILES string of the molecule is [Ag+].[Ag+].[C-]#Cc1cccc2ccc3c4ccccc4ccc3c12.[C-]#Cc1cccc2ccc3c4ccccc4ccc3c12.c1ccc([PH+](c2ccccc2)c2ccccc2[PH+](c2ccccc2)c2ccccc2)cc1. The van der Waals surface area contributed by atoms with Crippen LogP contribution in [0.1, 0.15) is 11.1 Å². The van der Waals surface area contributed by atoms with E-state index in [1.54, 1.807) is 0 Å². The van der Waals surface area contributed by atoms with Crippen LogP contribution in [0, 0.1) is 24.7 Å². The molecule has 0 aliphatic carbocycles. The molecule has 0 heterocycles. The van der Waals surface area contributed by atoms with Crippen molar-refractivity contribution in [3.05, 3.63) is 303 Å². The number of hydrogen-bond acceptors (Lipinski definition) is 0. The minimum absolute atomic E-state index is 0. The smallest absolute Gasteiger partial charge is 0.366 e. The van der Waals surface area contributed by atoms with Gasteiger partial charge in [-0.25, -0.2) is 0 Å². The molecule has 0 fully saturated rings. The summed E-state index contributed by atoms with van der Waals surface area (Å²) in [6, 6.07) is 99.5. The third-order valence-corrected chi connectivity index (χ3v) is 19.4. The average molecular weight is 1170 g/mol. The van der Waals surface area contributed by atoms with E-state index >= 15 is 0 Å². The zero-order valence-electron chi connectivity index (χ0n) is 40.2. The minimum Gasteiger partial charge on any atom is -0.366 e. The normalized spacial score (nSPS) is 10.7. The second-order valence-corrected chi connectivity index (χ2v) is 22.6. The van der Waals surface area contributed by atoms with Crippen molar-refractivity contribution in [2.24, 2.45) is 0 Å². The molecule has 0 N–H and O–H groups in total. The van der Waals surface area contributed by atoms with Crippen LogP contribution in [0.5, 0.6) is 0 Å². The van der Waals surface area contributed by atoms with Gasteiger partial charge in [-0.3, -0.25) is 11.8 Å². The van der Waals surface area contributed by atoms with Gasteiger partial charge in [0.05, 0.1) is 0 Å². The summed E-state index contributed by atoms with van der Waals surface area (Å²) in [4.78, 5) is 0. The maximum absolute atomic E-state index is 7.51. The first-order chi connectivity index (χ1) is 35.7. The Hall–Kier alpha value is -7.12. The van der Waals surface area contributed by atoms with Gasteiger partial charge in [-0.15, -0.1) is 23.3 Å². The second kappa shape index (κ2) is 24.3. The van der Waals surface area contributed by atoms with Crippen LogP contribution < -0.4 is 31.8 Å². The Labute approximate surface area is 468 Å². The zero-order chi connectivity index (χ0) is 48.6. The fourth-order valence-corrected chi connectivity index (χ4v) is 16.2. The van der Waals surface area contributed by atoms with E-state index < -0.39 is 15.8 Å². The Bertz CT molecular complexity index is 3780. The molecule has 13 aromatic carbocycles. The minimum atomic E-state index is -1.14. The van der Waals surface area contributed by atoms with Gasteiger partial charge in [-0.2, -0.15) is 0 Å². The van der Waals surface area contributed by atoms with E-state index in [0.717, 1.165) is 32.7 Å². The van der Waals surface area contributed by atoms with Gasteiger partial charge >= 0.3 is 44.8 Å². The van der Waals surface area contributed by atoms with E-state index in [1.807, 2.05) is 24.3 Å². The van der Waals surface area contributed by atoms with Crippen LogP contribution in [0.3, 0.4) is 0 Å². The monoisotopic (exact) mass is 1160 g/mol. The topological polar surface area (TPSA) is 0 Å². The number of rotatable bonds is 6. The van der Waals surface area contributed by atoms with Gasteiger partial charge in [0.1, 0.15) is 47.7 Å². The van der Waals surface area contributed by atoms with Crippen LogP contribution >= 0.6 is 15.8 Å². The van der Waals surface area contributed by atoms with Crippen LogP contribution in [0.25, 0.3) is 64.6 Å². The molecule has 0 radical (unpaired) electrons. The van der Waals surface area contributed by atoms with Gasteiger partial charge in [0.2, 0.25) is 0 Å². The van der Waals surface area contributed by atoms with Gasteiger partial charge in [0.25, 0.3) is 0 Å². The Morgan fingerprint density at radius 3 is 0.865 bits per heavy atom. The first kappa shape index (κ1) is 51.8. The molecule has 0 nitrogen and oxygen atoms in total. The summed E-state index contributed by atoms with van der Waals surface area (Å²) in [7, 11) is -2.28. The molecule has 74 heavy (non-hydrogen) atoms. The fraction of sp³-hybridized carbons (Fsp3) is 0. The van der Waals surface area contributed by atoms with Gasteiger partial charge in [-0.05, 0) is 115 Å². The molecule has 13 rings (SSSR count). The molecule has 4 heteroatoms. The Balaban J connectivity index is 0.000000140.